The van der Waals surface area contributed by atoms with Crippen LogP contribution in [0.5, 0.6) is 0 Å². The molecule has 0 unspecified atom stereocenters. The first-order valence-corrected chi connectivity index (χ1v) is 7.68. The number of nitrogens with zero attached hydrogens (tertiary/aromatic N) is 4. The molecule has 3 aromatic rings. The third-order valence-electron chi connectivity index (χ3n) is 3.37. The van der Waals surface area contributed by atoms with Gasteiger partial charge in [0.15, 0.2) is 0 Å². The maximum absolute atomic E-state index is 12.4. The molecule has 3 rings (SSSR count). The summed E-state index contributed by atoms with van der Waals surface area (Å²) in [5, 5.41) is 8.69. The largest absolute Gasteiger partial charge is 0.283 e. The number of fused-ring (bicyclic) bond motifs is 1. The highest BCUT2D eigenvalue weighted by Crippen LogP contribution is 2.12. The molecule has 0 aliphatic carbocycles. The van der Waals surface area contributed by atoms with Gasteiger partial charge in [-0.3, -0.25) is 9.69 Å². The van der Waals surface area contributed by atoms with Gasteiger partial charge in [-0.2, -0.15) is 4.68 Å². The number of benzene rings is 2. The monoisotopic (exact) mass is 358 g/mol. The van der Waals surface area contributed by atoms with Crippen molar-refractivity contribution >= 4 is 26.8 Å². The summed E-state index contributed by atoms with van der Waals surface area (Å²) in [5.74, 6) is 0. The Labute approximate surface area is 136 Å². The molecule has 0 aliphatic rings. The summed E-state index contributed by atoms with van der Waals surface area (Å²) < 4.78 is 2.44. The van der Waals surface area contributed by atoms with E-state index < -0.39 is 0 Å². The quantitative estimate of drug-likeness (QED) is 0.719. The normalized spacial score (nSPS) is 11.2. The van der Waals surface area contributed by atoms with Gasteiger partial charge in [0.1, 0.15) is 5.52 Å². The summed E-state index contributed by atoms with van der Waals surface area (Å²) in [6.07, 6.45) is 0. The molecule has 0 spiro atoms. The van der Waals surface area contributed by atoms with E-state index in [1.165, 1.54) is 10.2 Å². The summed E-state index contributed by atoms with van der Waals surface area (Å²) in [6.45, 7) is 1.13. The Bertz CT molecular complexity index is 845. The van der Waals surface area contributed by atoms with Crippen LogP contribution in [0.2, 0.25) is 0 Å². The molecular weight excluding hydrogens is 344 g/mol. The van der Waals surface area contributed by atoms with Crippen molar-refractivity contribution in [2.24, 2.45) is 0 Å². The molecular formula is C16H15BrN4O. The maximum Gasteiger partial charge on any atom is 0.278 e. The molecule has 0 saturated carbocycles. The highest BCUT2D eigenvalue weighted by Gasteiger charge is 2.07. The van der Waals surface area contributed by atoms with Crippen molar-refractivity contribution < 1.29 is 0 Å². The van der Waals surface area contributed by atoms with Crippen molar-refractivity contribution in [3.63, 3.8) is 0 Å². The third-order valence-corrected chi connectivity index (χ3v) is 3.90. The van der Waals surface area contributed by atoms with Crippen LogP contribution in [0.3, 0.4) is 0 Å². The zero-order valence-electron chi connectivity index (χ0n) is 12.1. The van der Waals surface area contributed by atoms with E-state index in [1.807, 2.05) is 36.2 Å². The van der Waals surface area contributed by atoms with Gasteiger partial charge in [0, 0.05) is 11.0 Å². The fourth-order valence-corrected chi connectivity index (χ4v) is 2.56. The zero-order valence-corrected chi connectivity index (χ0v) is 13.7. The van der Waals surface area contributed by atoms with E-state index in [-0.39, 0.29) is 5.56 Å². The molecule has 1 heterocycles. The predicted octanol–water partition coefficient (Wildman–Crippen LogP) is 2.64. The van der Waals surface area contributed by atoms with Gasteiger partial charge in [-0.1, -0.05) is 45.4 Å². The van der Waals surface area contributed by atoms with Crippen LogP contribution in [-0.4, -0.2) is 26.9 Å². The summed E-state index contributed by atoms with van der Waals surface area (Å²) in [5.41, 5.74) is 1.68. The Morgan fingerprint density at radius 3 is 2.64 bits per heavy atom. The van der Waals surface area contributed by atoms with E-state index >= 15 is 0 Å². The summed E-state index contributed by atoms with van der Waals surface area (Å²) in [6, 6.07) is 15.4. The molecule has 0 radical (unpaired) electrons. The summed E-state index contributed by atoms with van der Waals surface area (Å²) >= 11 is 3.42. The van der Waals surface area contributed by atoms with Crippen LogP contribution >= 0.6 is 15.9 Å². The minimum Gasteiger partial charge on any atom is -0.283 e. The lowest BCUT2D eigenvalue weighted by atomic mass is 10.2. The molecule has 1 aromatic heterocycles. The first-order chi connectivity index (χ1) is 10.6. The summed E-state index contributed by atoms with van der Waals surface area (Å²) in [7, 11) is 1.95. The second-order valence-electron chi connectivity index (χ2n) is 5.19. The molecule has 0 N–H and O–H groups in total. The van der Waals surface area contributed by atoms with Gasteiger partial charge >= 0.3 is 0 Å². The average Bonchev–Trinajstić information content (AvgIpc) is 2.53. The molecule has 0 atom stereocenters. The van der Waals surface area contributed by atoms with Gasteiger partial charge in [-0.25, -0.2) is 0 Å². The number of aromatic nitrogens is 3. The van der Waals surface area contributed by atoms with Crippen LogP contribution in [0, 0.1) is 0 Å². The highest BCUT2D eigenvalue weighted by atomic mass is 79.9. The SMILES string of the molecule is CN(Cc1ccc(Br)cc1)Cn1nnc2ccccc2c1=O. The average molecular weight is 359 g/mol. The van der Waals surface area contributed by atoms with E-state index in [9.17, 15) is 4.79 Å². The third kappa shape index (κ3) is 3.23. The lowest BCUT2D eigenvalue weighted by molar-refractivity contribution is 0.236. The molecule has 0 fully saturated rings. The standard InChI is InChI=1S/C16H15BrN4O/c1-20(10-12-6-8-13(17)9-7-12)11-21-16(22)14-4-2-3-5-15(14)18-19-21/h2-9H,10-11H2,1H3. The van der Waals surface area contributed by atoms with Crippen molar-refractivity contribution in [3.05, 3.63) is 68.9 Å². The van der Waals surface area contributed by atoms with Gasteiger partial charge in [0.2, 0.25) is 0 Å². The zero-order chi connectivity index (χ0) is 15.5. The molecule has 0 saturated heterocycles. The topological polar surface area (TPSA) is 51.0 Å². The van der Waals surface area contributed by atoms with E-state index in [4.69, 9.17) is 0 Å². The molecule has 6 heteroatoms. The Morgan fingerprint density at radius 1 is 1.14 bits per heavy atom. The molecule has 5 nitrogen and oxygen atoms in total. The van der Waals surface area contributed by atoms with Crippen LogP contribution in [0.15, 0.2) is 57.8 Å². The Morgan fingerprint density at radius 2 is 1.86 bits per heavy atom. The van der Waals surface area contributed by atoms with Crippen LogP contribution in [0.1, 0.15) is 5.56 Å². The first kappa shape index (κ1) is 14.9. The highest BCUT2D eigenvalue weighted by molar-refractivity contribution is 9.10. The molecule has 2 aromatic carbocycles. The summed E-state index contributed by atoms with van der Waals surface area (Å²) in [4.78, 5) is 14.4. The van der Waals surface area contributed by atoms with Crippen molar-refractivity contribution in [1.29, 1.82) is 0 Å². The molecule has 112 valence electrons. The van der Waals surface area contributed by atoms with Gasteiger partial charge in [-0.15, -0.1) is 5.10 Å². The van der Waals surface area contributed by atoms with Crippen LogP contribution in [0.4, 0.5) is 0 Å². The van der Waals surface area contributed by atoms with E-state index in [0.29, 0.717) is 17.6 Å². The maximum atomic E-state index is 12.4. The molecule has 0 aliphatic heterocycles. The van der Waals surface area contributed by atoms with Crippen LogP contribution in [-0.2, 0) is 13.2 Å². The number of halogens is 1. The Hall–Kier alpha value is -2.05. The lowest BCUT2D eigenvalue weighted by Gasteiger charge is -2.17. The van der Waals surface area contributed by atoms with Crippen LogP contribution < -0.4 is 5.56 Å². The predicted molar refractivity (Wildman–Crippen MR) is 89.4 cm³/mol. The number of hydrogen-bond acceptors (Lipinski definition) is 4. The second-order valence-corrected chi connectivity index (χ2v) is 6.11. The molecule has 0 bridgehead atoms. The van der Waals surface area contributed by atoms with Crippen molar-refractivity contribution in [2.45, 2.75) is 13.2 Å². The van der Waals surface area contributed by atoms with Gasteiger partial charge in [0.25, 0.3) is 5.56 Å². The Balaban J connectivity index is 1.79. The van der Waals surface area contributed by atoms with Gasteiger partial charge in [-0.05, 0) is 36.9 Å². The van der Waals surface area contributed by atoms with Crippen molar-refractivity contribution in [2.75, 3.05) is 7.05 Å². The fraction of sp³-hybridized carbons (Fsp3) is 0.188. The smallest absolute Gasteiger partial charge is 0.278 e. The number of hydrogen-bond donors (Lipinski definition) is 0. The van der Waals surface area contributed by atoms with E-state index in [1.54, 1.807) is 12.1 Å². The van der Waals surface area contributed by atoms with Gasteiger partial charge in [0.05, 0.1) is 12.1 Å². The second kappa shape index (κ2) is 6.37. The molecule has 22 heavy (non-hydrogen) atoms. The number of rotatable bonds is 4. The fourth-order valence-electron chi connectivity index (χ4n) is 2.30. The molecule has 0 amide bonds. The Kier molecular flexibility index (Phi) is 4.31. The minimum atomic E-state index is -0.117. The van der Waals surface area contributed by atoms with Gasteiger partial charge < -0.3 is 0 Å². The van der Waals surface area contributed by atoms with Crippen LogP contribution in [0.25, 0.3) is 10.9 Å². The van der Waals surface area contributed by atoms with Crippen molar-refractivity contribution in [3.8, 4) is 0 Å². The minimum absolute atomic E-state index is 0.117. The van der Waals surface area contributed by atoms with Crippen molar-refractivity contribution in [1.82, 2.24) is 19.9 Å². The van der Waals surface area contributed by atoms with E-state index in [0.717, 1.165) is 11.0 Å². The first-order valence-electron chi connectivity index (χ1n) is 6.89. The van der Waals surface area contributed by atoms with E-state index in [2.05, 4.69) is 38.4 Å². The lowest BCUT2D eigenvalue weighted by Crippen LogP contribution is -2.32.